The van der Waals surface area contributed by atoms with Crippen LogP contribution in [0, 0.1) is 5.82 Å². The van der Waals surface area contributed by atoms with E-state index in [4.69, 9.17) is 15.0 Å². The number of aromatic hydroxyl groups is 1. The fourth-order valence-corrected chi connectivity index (χ4v) is 1.31. The van der Waals surface area contributed by atoms with E-state index in [0.29, 0.717) is 5.56 Å². The summed E-state index contributed by atoms with van der Waals surface area (Å²) >= 11 is 0. The fourth-order valence-electron chi connectivity index (χ4n) is 1.31. The lowest BCUT2D eigenvalue weighted by atomic mass is 10.2. The van der Waals surface area contributed by atoms with Gasteiger partial charge in [-0.2, -0.15) is 4.98 Å². The average molecular weight is 239 g/mol. The molecule has 0 saturated carbocycles. The second-order valence-corrected chi connectivity index (χ2v) is 3.22. The number of nitrogens with two attached hydrogens (primary N) is 1. The monoisotopic (exact) mass is 239 g/mol. The first-order valence-electron chi connectivity index (χ1n) is 4.75. The molecule has 0 atom stereocenters. The lowest BCUT2D eigenvalue weighted by molar-refractivity contribution is 0.357. The van der Waals surface area contributed by atoms with Gasteiger partial charge in [-0.3, -0.25) is 0 Å². The predicted molar refractivity (Wildman–Crippen MR) is 55.8 cm³/mol. The minimum Gasteiger partial charge on any atom is -0.502 e. The maximum absolute atomic E-state index is 13.4. The third-order valence-corrected chi connectivity index (χ3v) is 2.15. The molecule has 2 rings (SSSR count). The van der Waals surface area contributed by atoms with Crippen LogP contribution in [0.5, 0.6) is 11.5 Å². The SMILES string of the molecule is COc1cc(-c2noc(CN)n2)cc(F)c1O. The molecule has 1 aromatic heterocycles. The Morgan fingerprint density at radius 2 is 2.29 bits per heavy atom. The minimum absolute atomic E-state index is 0.000835. The molecule has 0 radical (unpaired) electrons. The summed E-state index contributed by atoms with van der Waals surface area (Å²) in [5.41, 5.74) is 5.65. The lowest BCUT2D eigenvalue weighted by Gasteiger charge is -2.05. The van der Waals surface area contributed by atoms with Crippen LogP contribution < -0.4 is 10.5 Å². The number of rotatable bonds is 3. The summed E-state index contributed by atoms with van der Waals surface area (Å²) in [4.78, 5) is 3.94. The van der Waals surface area contributed by atoms with Gasteiger partial charge in [-0.1, -0.05) is 5.16 Å². The Bertz CT molecular complexity index is 542. The van der Waals surface area contributed by atoms with Crippen LogP contribution in [-0.2, 0) is 6.54 Å². The average Bonchev–Trinajstić information content (AvgIpc) is 2.81. The van der Waals surface area contributed by atoms with Crippen molar-refractivity contribution in [3.63, 3.8) is 0 Å². The highest BCUT2D eigenvalue weighted by Gasteiger charge is 2.15. The quantitative estimate of drug-likeness (QED) is 0.831. The van der Waals surface area contributed by atoms with Gasteiger partial charge in [0.05, 0.1) is 13.7 Å². The summed E-state index contributed by atoms with van der Waals surface area (Å²) in [6, 6.07) is 2.49. The van der Waals surface area contributed by atoms with Gasteiger partial charge in [0.1, 0.15) is 0 Å². The number of halogens is 1. The molecule has 3 N–H and O–H groups in total. The molecule has 7 heteroatoms. The van der Waals surface area contributed by atoms with Crippen LogP contribution in [0.25, 0.3) is 11.4 Å². The molecule has 0 spiro atoms. The highest BCUT2D eigenvalue weighted by Crippen LogP contribution is 2.33. The number of nitrogens with zero attached hydrogens (tertiary/aromatic N) is 2. The van der Waals surface area contributed by atoms with Crippen molar-refractivity contribution < 1.29 is 18.8 Å². The third-order valence-electron chi connectivity index (χ3n) is 2.15. The molecule has 0 fully saturated rings. The summed E-state index contributed by atoms with van der Waals surface area (Å²) in [5.74, 6) is -0.952. The zero-order valence-corrected chi connectivity index (χ0v) is 8.98. The third kappa shape index (κ3) is 2.04. The van der Waals surface area contributed by atoms with Crippen molar-refractivity contribution >= 4 is 0 Å². The number of phenols is 1. The Hall–Kier alpha value is -2.15. The van der Waals surface area contributed by atoms with Gasteiger partial charge < -0.3 is 20.1 Å². The zero-order chi connectivity index (χ0) is 12.4. The fraction of sp³-hybridized carbons (Fsp3) is 0.200. The summed E-state index contributed by atoms with van der Waals surface area (Å²) < 4.78 is 23.0. The van der Waals surface area contributed by atoms with Crippen LogP contribution in [0.1, 0.15) is 5.89 Å². The normalized spacial score (nSPS) is 10.5. The summed E-state index contributed by atoms with van der Waals surface area (Å²) in [6.07, 6.45) is 0. The van der Waals surface area contributed by atoms with Crippen LogP contribution in [0.2, 0.25) is 0 Å². The molecule has 6 nitrogen and oxygen atoms in total. The van der Waals surface area contributed by atoms with Crippen LogP contribution in [0.4, 0.5) is 4.39 Å². The van der Waals surface area contributed by atoms with Gasteiger partial charge in [-0.15, -0.1) is 0 Å². The molecule has 0 bridgehead atoms. The van der Waals surface area contributed by atoms with Crippen LogP contribution in [-0.4, -0.2) is 22.4 Å². The van der Waals surface area contributed by atoms with Crippen molar-refractivity contribution in [2.45, 2.75) is 6.54 Å². The molecule has 2 aromatic rings. The summed E-state index contributed by atoms with van der Waals surface area (Å²) in [6.45, 7) is 0.102. The number of phenolic OH excluding ortho intramolecular Hbond substituents is 1. The van der Waals surface area contributed by atoms with E-state index in [9.17, 15) is 9.50 Å². The van der Waals surface area contributed by atoms with Crippen LogP contribution in [0.3, 0.4) is 0 Å². The second-order valence-electron chi connectivity index (χ2n) is 3.22. The van der Waals surface area contributed by atoms with Gasteiger partial charge in [0.15, 0.2) is 17.3 Å². The zero-order valence-electron chi connectivity index (χ0n) is 8.98. The van der Waals surface area contributed by atoms with Gasteiger partial charge in [-0.25, -0.2) is 4.39 Å². The van der Waals surface area contributed by atoms with E-state index >= 15 is 0 Å². The molecule has 90 valence electrons. The first-order valence-corrected chi connectivity index (χ1v) is 4.75. The number of hydrogen-bond donors (Lipinski definition) is 2. The van der Waals surface area contributed by atoms with E-state index in [1.165, 1.54) is 13.2 Å². The Morgan fingerprint density at radius 3 is 2.88 bits per heavy atom. The van der Waals surface area contributed by atoms with Crippen molar-refractivity contribution in [2.24, 2.45) is 5.73 Å². The van der Waals surface area contributed by atoms with Crippen molar-refractivity contribution in [1.29, 1.82) is 0 Å². The largest absolute Gasteiger partial charge is 0.502 e. The smallest absolute Gasteiger partial charge is 0.240 e. The lowest BCUT2D eigenvalue weighted by Crippen LogP contribution is -1.96. The standard InChI is InChI=1S/C10H10FN3O3/c1-16-7-3-5(2-6(11)9(7)15)10-13-8(4-12)17-14-10/h2-3,15H,4,12H2,1H3. The topological polar surface area (TPSA) is 94.4 Å². The molecule has 17 heavy (non-hydrogen) atoms. The van der Waals surface area contributed by atoms with Crippen molar-refractivity contribution in [3.8, 4) is 22.9 Å². The van der Waals surface area contributed by atoms with E-state index in [2.05, 4.69) is 10.1 Å². The van der Waals surface area contributed by atoms with Crippen molar-refractivity contribution in [2.75, 3.05) is 7.11 Å². The number of hydrogen-bond acceptors (Lipinski definition) is 6. The number of methoxy groups -OCH3 is 1. The predicted octanol–water partition coefficient (Wildman–Crippen LogP) is 1.05. The maximum atomic E-state index is 13.4. The minimum atomic E-state index is -0.821. The molecule has 0 unspecified atom stereocenters. The van der Waals surface area contributed by atoms with Gasteiger partial charge in [0, 0.05) is 5.56 Å². The molecule has 1 aromatic carbocycles. The molecule has 0 saturated heterocycles. The number of ether oxygens (including phenoxy) is 1. The number of aromatic nitrogens is 2. The Kier molecular flexibility index (Phi) is 2.92. The maximum Gasteiger partial charge on any atom is 0.240 e. The molecular formula is C10H10FN3O3. The van der Waals surface area contributed by atoms with E-state index in [1.54, 1.807) is 0 Å². The van der Waals surface area contributed by atoms with E-state index in [1.807, 2.05) is 0 Å². The molecule has 0 amide bonds. The molecular weight excluding hydrogens is 229 g/mol. The van der Waals surface area contributed by atoms with Gasteiger partial charge in [0.25, 0.3) is 0 Å². The first-order chi connectivity index (χ1) is 8.15. The van der Waals surface area contributed by atoms with Crippen molar-refractivity contribution in [1.82, 2.24) is 10.1 Å². The molecule has 1 heterocycles. The van der Waals surface area contributed by atoms with Gasteiger partial charge in [-0.05, 0) is 12.1 Å². The van der Waals surface area contributed by atoms with E-state index in [0.717, 1.165) is 6.07 Å². The summed E-state index contributed by atoms with van der Waals surface area (Å²) in [7, 11) is 1.32. The van der Waals surface area contributed by atoms with Gasteiger partial charge in [0.2, 0.25) is 11.7 Å². The van der Waals surface area contributed by atoms with Crippen LogP contribution >= 0.6 is 0 Å². The number of benzene rings is 1. The van der Waals surface area contributed by atoms with E-state index < -0.39 is 11.6 Å². The molecule has 0 aliphatic carbocycles. The Balaban J connectivity index is 2.48. The van der Waals surface area contributed by atoms with Crippen molar-refractivity contribution in [3.05, 3.63) is 23.8 Å². The Labute approximate surface area is 95.8 Å². The Morgan fingerprint density at radius 1 is 1.53 bits per heavy atom. The second kappa shape index (κ2) is 4.38. The van der Waals surface area contributed by atoms with Crippen LogP contribution in [0.15, 0.2) is 16.7 Å². The molecule has 0 aliphatic heterocycles. The molecule has 0 aliphatic rings. The highest BCUT2D eigenvalue weighted by molar-refractivity contribution is 5.60. The summed E-state index contributed by atoms with van der Waals surface area (Å²) in [5, 5.41) is 13.0. The highest BCUT2D eigenvalue weighted by atomic mass is 19.1. The van der Waals surface area contributed by atoms with E-state index in [-0.39, 0.29) is 24.0 Å². The van der Waals surface area contributed by atoms with Gasteiger partial charge >= 0.3 is 0 Å². The first kappa shape index (κ1) is 11.3.